The summed E-state index contributed by atoms with van der Waals surface area (Å²) in [7, 11) is -8.10. The average molecular weight is 560 g/mol. The molecule has 0 spiro atoms. The van der Waals surface area contributed by atoms with Crippen LogP contribution >= 0.6 is 23.2 Å². The van der Waals surface area contributed by atoms with Crippen molar-refractivity contribution >= 4 is 49.2 Å². The second kappa shape index (κ2) is 11.0. The predicted molar refractivity (Wildman–Crippen MR) is 130 cm³/mol. The van der Waals surface area contributed by atoms with Gasteiger partial charge in [-0.3, -0.25) is 4.79 Å². The number of nitrogens with one attached hydrogen (secondary N) is 1. The van der Waals surface area contributed by atoms with E-state index in [1.807, 2.05) is 0 Å². The lowest BCUT2D eigenvalue weighted by atomic mass is 10.2. The number of hydrogen-bond acceptors (Lipinski definition) is 5. The monoisotopic (exact) mass is 559 g/mol. The van der Waals surface area contributed by atoms with Crippen LogP contribution in [-0.2, 0) is 37.9 Å². The highest BCUT2D eigenvalue weighted by Gasteiger charge is 2.28. The van der Waals surface area contributed by atoms with Crippen LogP contribution in [0.15, 0.2) is 76.5 Å². The van der Waals surface area contributed by atoms with Gasteiger partial charge in [0.2, 0.25) is 26.0 Å². The highest BCUT2D eigenvalue weighted by Crippen LogP contribution is 2.25. The summed E-state index contributed by atoms with van der Waals surface area (Å²) < 4.78 is 64.5. The van der Waals surface area contributed by atoms with Crippen molar-refractivity contribution in [3.8, 4) is 0 Å². The molecule has 186 valence electrons. The Balaban J connectivity index is 1.82. The highest BCUT2D eigenvalue weighted by atomic mass is 35.5. The maximum Gasteiger partial charge on any atom is 0.243 e. The molecule has 1 amide bonds. The first kappa shape index (κ1) is 27.1. The van der Waals surface area contributed by atoms with E-state index in [0.717, 1.165) is 10.4 Å². The first-order valence-electron chi connectivity index (χ1n) is 9.95. The summed E-state index contributed by atoms with van der Waals surface area (Å²) in [6, 6.07) is 14.7. The molecule has 0 aliphatic carbocycles. The Bertz CT molecular complexity index is 1410. The lowest BCUT2D eigenvalue weighted by molar-refractivity contribution is -0.121. The summed E-state index contributed by atoms with van der Waals surface area (Å²) in [5.41, 5.74) is 0.466. The Morgan fingerprint density at radius 2 is 1.51 bits per heavy atom. The minimum absolute atomic E-state index is 0.0108. The third-order valence-corrected chi connectivity index (χ3v) is 8.25. The number of nitrogens with two attached hydrogens (primary N) is 1. The first-order valence-corrected chi connectivity index (χ1v) is 13.7. The van der Waals surface area contributed by atoms with Gasteiger partial charge >= 0.3 is 0 Å². The van der Waals surface area contributed by atoms with Crippen LogP contribution in [-0.4, -0.2) is 33.6 Å². The number of rotatable bonds is 9. The number of carbonyl (C=O) groups is 1. The molecule has 0 aliphatic rings. The van der Waals surface area contributed by atoms with Gasteiger partial charge in [0.25, 0.3) is 0 Å². The van der Waals surface area contributed by atoms with Crippen LogP contribution in [0, 0.1) is 5.82 Å². The van der Waals surface area contributed by atoms with E-state index in [0.29, 0.717) is 10.6 Å². The molecule has 0 unspecified atom stereocenters. The van der Waals surface area contributed by atoms with Crippen molar-refractivity contribution in [3.05, 3.63) is 93.7 Å². The van der Waals surface area contributed by atoms with Gasteiger partial charge in [-0.1, -0.05) is 41.4 Å². The zero-order valence-corrected chi connectivity index (χ0v) is 21.1. The molecule has 0 atom stereocenters. The van der Waals surface area contributed by atoms with Crippen LogP contribution in [0.1, 0.15) is 11.1 Å². The molecule has 8 nitrogen and oxygen atoms in total. The second-order valence-electron chi connectivity index (χ2n) is 7.39. The largest absolute Gasteiger partial charge is 0.351 e. The smallest absolute Gasteiger partial charge is 0.243 e. The van der Waals surface area contributed by atoms with Crippen LogP contribution in [0.5, 0.6) is 0 Å². The molecule has 3 aromatic carbocycles. The quantitative estimate of drug-likeness (QED) is 0.416. The van der Waals surface area contributed by atoms with Crippen molar-refractivity contribution < 1.29 is 26.0 Å². The molecule has 0 saturated carbocycles. The second-order valence-corrected chi connectivity index (χ2v) is 11.7. The summed E-state index contributed by atoms with van der Waals surface area (Å²) >= 11 is 11.9. The number of primary sulfonamides is 1. The van der Waals surface area contributed by atoms with E-state index in [1.165, 1.54) is 60.7 Å². The van der Waals surface area contributed by atoms with Crippen LogP contribution < -0.4 is 10.5 Å². The fraction of sp³-hybridized carbons (Fsp3) is 0.136. The van der Waals surface area contributed by atoms with Gasteiger partial charge in [0, 0.05) is 28.7 Å². The molecule has 0 heterocycles. The topological polar surface area (TPSA) is 127 Å². The van der Waals surface area contributed by atoms with Gasteiger partial charge in [-0.25, -0.2) is 26.4 Å². The predicted octanol–water partition coefficient (Wildman–Crippen LogP) is 3.29. The fourth-order valence-corrected chi connectivity index (χ4v) is 5.28. The molecule has 0 radical (unpaired) electrons. The summed E-state index contributed by atoms with van der Waals surface area (Å²) in [6.07, 6.45) is 0. The van der Waals surface area contributed by atoms with E-state index in [1.54, 1.807) is 0 Å². The van der Waals surface area contributed by atoms with Gasteiger partial charge in [0.05, 0.1) is 16.3 Å². The number of benzene rings is 3. The van der Waals surface area contributed by atoms with Crippen molar-refractivity contribution in [2.24, 2.45) is 5.14 Å². The Kier molecular flexibility index (Phi) is 8.52. The Hall–Kier alpha value is -2.54. The zero-order chi connectivity index (χ0) is 25.8. The zero-order valence-electron chi connectivity index (χ0n) is 18.0. The normalized spacial score (nSPS) is 12.0. The molecule has 3 N–H and O–H groups in total. The Labute approximate surface area is 212 Å². The summed E-state index contributed by atoms with van der Waals surface area (Å²) in [4.78, 5) is 12.4. The fourth-order valence-electron chi connectivity index (χ4n) is 3.05. The van der Waals surface area contributed by atoms with Gasteiger partial charge in [-0.05, 0) is 54.1 Å². The third kappa shape index (κ3) is 7.00. The van der Waals surface area contributed by atoms with Crippen LogP contribution in [0.25, 0.3) is 0 Å². The summed E-state index contributed by atoms with van der Waals surface area (Å²) in [5.74, 6) is -1.39. The number of amides is 1. The maximum atomic E-state index is 14.4. The van der Waals surface area contributed by atoms with Crippen molar-refractivity contribution in [1.82, 2.24) is 9.62 Å². The standard InChI is InChI=1S/C22H20Cl2FN3O5S2/c23-16-6-10-18(11-7-16)35(32,33)28(13-19-20(24)2-1-3-21(19)25)14-22(29)27-12-15-4-8-17(9-5-15)34(26,30)31/h1-11H,12-14H2,(H,27,29)(H2,26,30,31). The minimum atomic E-state index is -4.24. The SMILES string of the molecule is NS(=O)(=O)c1ccc(CNC(=O)CN(Cc2c(F)cccc2Cl)S(=O)(=O)c2ccc(Cl)cc2)cc1. The molecule has 3 rings (SSSR count). The summed E-state index contributed by atoms with van der Waals surface area (Å²) in [5, 5.41) is 7.95. The van der Waals surface area contributed by atoms with E-state index < -0.39 is 44.9 Å². The molecular formula is C22H20Cl2FN3O5S2. The molecule has 13 heteroatoms. The van der Waals surface area contributed by atoms with E-state index in [4.69, 9.17) is 28.3 Å². The highest BCUT2D eigenvalue weighted by molar-refractivity contribution is 7.89. The molecule has 0 aliphatic heterocycles. The van der Waals surface area contributed by atoms with Crippen molar-refractivity contribution in [2.45, 2.75) is 22.9 Å². The van der Waals surface area contributed by atoms with Gasteiger partial charge in [-0.15, -0.1) is 0 Å². The van der Waals surface area contributed by atoms with Gasteiger partial charge in [0.1, 0.15) is 5.82 Å². The molecule has 3 aromatic rings. The molecular weight excluding hydrogens is 540 g/mol. The molecule has 0 fully saturated rings. The van der Waals surface area contributed by atoms with Crippen LogP contribution in [0.4, 0.5) is 4.39 Å². The van der Waals surface area contributed by atoms with Crippen LogP contribution in [0.3, 0.4) is 0 Å². The average Bonchev–Trinajstić information content (AvgIpc) is 2.79. The first-order chi connectivity index (χ1) is 16.4. The lowest BCUT2D eigenvalue weighted by Crippen LogP contribution is -2.40. The molecule has 0 saturated heterocycles. The number of halogens is 3. The third-order valence-electron chi connectivity index (χ3n) is 4.91. The van der Waals surface area contributed by atoms with Gasteiger partial charge < -0.3 is 5.32 Å². The van der Waals surface area contributed by atoms with E-state index in [-0.39, 0.29) is 26.9 Å². The number of nitrogens with zero attached hydrogens (tertiary/aromatic N) is 1. The van der Waals surface area contributed by atoms with Crippen LogP contribution in [0.2, 0.25) is 10.0 Å². The van der Waals surface area contributed by atoms with E-state index >= 15 is 0 Å². The molecule has 0 bridgehead atoms. The van der Waals surface area contributed by atoms with E-state index in [2.05, 4.69) is 5.32 Å². The van der Waals surface area contributed by atoms with Gasteiger partial charge in [-0.2, -0.15) is 4.31 Å². The molecule has 35 heavy (non-hydrogen) atoms. The van der Waals surface area contributed by atoms with Crippen molar-refractivity contribution in [1.29, 1.82) is 0 Å². The minimum Gasteiger partial charge on any atom is -0.351 e. The van der Waals surface area contributed by atoms with Crippen molar-refractivity contribution in [2.75, 3.05) is 6.54 Å². The summed E-state index contributed by atoms with van der Waals surface area (Å²) in [6.45, 7) is -1.14. The Morgan fingerprint density at radius 1 is 0.914 bits per heavy atom. The number of sulfonamides is 2. The van der Waals surface area contributed by atoms with Gasteiger partial charge in [0.15, 0.2) is 0 Å². The number of hydrogen-bond donors (Lipinski definition) is 2. The van der Waals surface area contributed by atoms with Crippen molar-refractivity contribution in [3.63, 3.8) is 0 Å². The number of carbonyl (C=O) groups excluding carboxylic acids is 1. The lowest BCUT2D eigenvalue weighted by Gasteiger charge is -2.23. The maximum absolute atomic E-state index is 14.4. The van der Waals surface area contributed by atoms with E-state index in [9.17, 15) is 26.0 Å². The Morgan fingerprint density at radius 3 is 2.09 bits per heavy atom. The molecule has 0 aromatic heterocycles.